The van der Waals surface area contributed by atoms with Crippen LogP contribution in [0.25, 0.3) is 0 Å². The standard InChI is InChI=1S/C12H17BN2O/c14-9-13-7-12(8-13)3-5-15(6-4-12)11(16)10-1-2-10/h10H,1-8H2. The van der Waals surface area contributed by atoms with Gasteiger partial charge in [-0.25, -0.2) is 5.26 Å². The summed E-state index contributed by atoms with van der Waals surface area (Å²) in [5.41, 5.74) is 0.431. The largest absolute Gasteiger partial charge is 0.342 e. The Morgan fingerprint density at radius 1 is 1.31 bits per heavy atom. The fourth-order valence-corrected chi connectivity index (χ4v) is 3.28. The van der Waals surface area contributed by atoms with Crippen LogP contribution >= 0.6 is 0 Å². The minimum absolute atomic E-state index is 0.297. The zero-order valence-electron chi connectivity index (χ0n) is 9.61. The molecule has 1 amide bonds. The topological polar surface area (TPSA) is 44.1 Å². The van der Waals surface area contributed by atoms with Gasteiger partial charge in [0.2, 0.25) is 5.91 Å². The Morgan fingerprint density at radius 3 is 2.44 bits per heavy atom. The van der Waals surface area contributed by atoms with E-state index in [9.17, 15) is 4.79 Å². The maximum Gasteiger partial charge on any atom is 0.268 e. The lowest BCUT2D eigenvalue weighted by Gasteiger charge is -2.49. The number of hydrogen-bond acceptors (Lipinski definition) is 2. The molecule has 0 unspecified atom stereocenters. The van der Waals surface area contributed by atoms with Crippen LogP contribution in [0.15, 0.2) is 0 Å². The summed E-state index contributed by atoms with van der Waals surface area (Å²) in [4.78, 5) is 13.9. The number of likely N-dealkylation sites (tertiary alicyclic amines) is 1. The maximum atomic E-state index is 11.9. The van der Waals surface area contributed by atoms with Gasteiger partial charge >= 0.3 is 0 Å². The van der Waals surface area contributed by atoms with Crippen LogP contribution < -0.4 is 0 Å². The average molecular weight is 216 g/mol. The van der Waals surface area contributed by atoms with Gasteiger partial charge in [0.25, 0.3) is 6.71 Å². The molecule has 2 heterocycles. The van der Waals surface area contributed by atoms with Gasteiger partial charge in [0.1, 0.15) is 0 Å². The van der Waals surface area contributed by atoms with Crippen molar-refractivity contribution in [3.8, 4) is 5.97 Å². The van der Waals surface area contributed by atoms with Crippen LogP contribution in [0.5, 0.6) is 0 Å². The molecule has 2 aliphatic heterocycles. The first kappa shape index (κ1) is 10.2. The fourth-order valence-electron chi connectivity index (χ4n) is 3.28. The number of rotatable bonds is 1. The molecule has 0 atom stereocenters. The maximum absolute atomic E-state index is 11.9. The van der Waals surface area contributed by atoms with Gasteiger partial charge in [-0.1, -0.05) is 12.6 Å². The quantitative estimate of drug-likeness (QED) is 0.624. The molecule has 0 aromatic rings. The molecule has 1 aliphatic carbocycles. The molecule has 84 valence electrons. The Morgan fingerprint density at radius 2 is 1.94 bits per heavy atom. The van der Waals surface area contributed by atoms with Crippen LogP contribution in [-0.4, -0.2) is 30.6 Å². The first-order valence-corrected chi connectivity index (χ1v) is 6.41. The molecule has 1 spiro atoms. The highest BCUT2D eigenvalue weighted by atomic mass is 16.2. The van der Waals surface area contributed by atoms with Crippen LogP contribution in [0.2, 0.25) is 12.6 Å². The monoisotopic (exact) mass is 216 g/mol. The number of hydrogen-bond donors (Lipinski definition) is 0. The van der Waals surface area contributed by atoms with Gasteiger partial charge in [-0.2, -0.15) is 0 Å². The third kappa shape index (κ3) is 1.63. The summed E-state index contributed by atoms with van der Waals surface area (Å²) in [6, 6.07) is 0. The number of piperidine rings is 1. The molecule has 16 heavy (non-hydrogen) atoms. The number of nitrogens with zero attached hydrogens (tertiary/aromatic N) is 2. The normalized spacial score (nSPS) is 27.4. The first-order chi connectivity index (χ1) is 7.72. The second kappa shape index (κ2) is 3.51. The SMILES string of the molecule is N#CB1CC2(CCN(C(=O)C3CC3)CC2)C1. The van der Waals surface area contributed by atoms with Gasteiger partial charge in [-0.15, -0.1) is 0 Å². The number of amides is 1. The molecule has 0 radical (unpaired) electrons. The van der Waals surface area contributed by atoms with Gasteiger partial charge in [0.05, 0.1) is 0 Å². The summed E-state index contributed by atoms with van der Waals surface area (Å²) in [7, 11) is 0. The molecule has 0 aromatic carbocycles. The molecule has 3 aliphatic rings. The highest BCUT2D eigenvalue weighted by Gasteiger charge is 2.49. The van der Waals surface area contributed by atoms with Crippen molar-refractivity contribution in [3.05, 3.63) is 0 Å². The molecule has 2 saturated heterocycles. The highest BCUT2D eigenvalue weighted by molar-refractivity contribution is 6.70. The van der Waals surface area contributed by atoms with E-state index >= 15 is 0 Å². The van der Waals surface area contributed by atoms with E-state index in [2.05, 4.69) is 10.9 Å². The van der Waals surface area contributed by atoms with Crippen molar-refractivity contribution in [2.45, 2.75) is 38.3 Å². The molecule has 3 rings (SSSR count). The minimum atomic E-state index is 0.297. The molecule has 4 heteroatoms. The molecule has 0 aromatic heterocycles. The van der Waals surface area contributed by atoms with E-state index in [0.29, 0.717) is 24.0 Å². The molecule has 0 N–H and O–H groups in total. The summed E-state index contributed by atoms with van der Waals surface area (Å²) in [6.45, 7) is 2.17. The van der Waals surface area contributed by atoms with Crippen molar-refractivity contribution in [2.24, 2.45) is 11.3 Å². The zero-order chi connectivity index (χ0) is 11.2. The van der Waals surface area contributed by atoms with E-state index in [1.165, 1.54) is 0 Å². The van der Waals surface area contributed by atoms with Crippen molar-refractivity contribution in [3.63, 3.8) is 0 Å². The summed E-state index contributed by atoms with van der Waals surface area (Å²) >= 11 is 0. The highest BCUT2D eigenvalue weighted by Crippen LogP contribution is 2.50. The Hall–Kier alpha value is -0.975. The predicted octanol–water partition coefficient (Wildman–Crippen LogP) is 1.58. The lowest BCUT2D eigenvalue weighted by atomic mass is 9.26. The van der Waals surface area contributed by atoms with Crippen molar-refractivity contribution >= 4 is 12.6 Å². The molecular weight excluding hydrogens is 199 g/mol. The summed E-state index contributed by atoms with van der Waals surface area (Å²) < 4.78 is 0. The number of nitriles is 1. The lowest BCUT2D eigenvalue weighted by Crippen LogP contribution is -2.51. The Labute approximate surface area is 96.9 Å². The number of carbonyl (C=O) groups is 1. The molecule has 1 saturated carbocycles. The molecule has 3 nitrogen and oxygen atoms in total. The minimum Gasteiger partial charge on any atom is -0.342 e. The summed E-state index contributed by atoms with van der Waals surface area (Å²) in [5.74, 6) is 3.11. The third-order valence-corrected chi connectivity index (χ3v) is 4.60. The van der Waals surface area contributed by atoms with Crippen LogP contribution in [0.3, 0.4) is 0 Å². The van der Waals surface area contributed by atoms with Gasteiger partial charge in [-0.05, 0) is 31.1 Å². The van der Waals surface area contributed by atoms with E-state index in [4.69, 9.17) is 5.26 Å². The second-order valence-corrected chi connectivity index (χ2v) is 5.83. The summed E-state index contributed by atoms with van der Waals surface area (Å²) in [6.07, 6.45) is 6.63. The molecule has 0 bridgehead atoms. The van der Waals surface area contributed by atoms with Gasteiger partial charge in [0.15, 0.2) is 0 Å². The lowest BCUT2D eigenvalue weighted by molar-refractivity contribution is -0.134. The average Bonchev–Trinajstić information content (AvgIpc) is 3.09. The van der Waals surface area contributed by atoms with Gasteiger partial charge < -0.3 is 4.90 Å². The summed E-state index contributed by atoms with van der Waals surface area (Å²) in [5, 5.41) is 8.81. The molecule has 3 fully saturated rings. The van der Waals surface area contributed by atoms with Crippen molar-refractivity contribution in [1.29, 1.82) is 5.26 Å². The number of carbonyl (C=O) groups excluding carboxylic acids is 1. The fraction of sp³-hybridized carbons (Fsp3) is 0.833. The predicted molar refractivity (Wildman–Crippen MR) is 62.0 cm³/mol. The van der Waals surface area contributed by atoms with Crippen LogP contribution in [0.4, 0.5) is 0 Å². The Bertz CT molecular complexity index is 343. The van der Waals surface area contributed by atoms with Gasteiger partial charge in [-0.3, -0.25) is 4.79 Å². The first-order valence-electron chi connectivity index (χ1n) is 6.41. The van der Waals surface area contributed by atoms with E-state index in [1.54, 1.807) is 0 Å². The van der Waals surface area contributed by atoms with E-state index in [1.807, 2.05) is 0 Å². The van der Waals surface area contributed by atoms with Gasteiger partial charge in [0, 0.05) is 25.0 Å². The molecular formula is C12H17BN2O. The smallest absolute Gasteiger partial charge is 0.268 e. The van der Waals surface area contributed by atoms with E-state index in [-0.39, 0.29) is 0 Å². The van der Waals surface area contributed by atoms with Crippen molar-refractivity contribution in [1.82, 2.24) is 4.90 Å². The zero-order valence-corrected chi connectivity index (χ0v) is 9.61. The van der Waals surface area contributed by atoms with Crippen LogP contribution in [0, 0.1) is 22.6 Å². The Kier molecular flexibility index (Phi) is 2.24. The van der Waals surface area contributed by atoms with Crippen molar-refractivity contribution in [2.75, 3.05) is 13.1 Å². The Balaban J connectivity index is 1.53. The third-order valence-electron chi connectivity index (χ3n) is 4.60. The van der Waals surface area contributed by atoms with E-state index < -0.39 is 0 Å². The van der Waals surface area contributed by atoms with Crippen LogP contribution in [-0.2, 0) is 4.79 Å². The van der Waals surface area contributed by atoms with Crippen LogP contribution in [0.1, 0.15) is 25.7 Å². The second-order valence-electron chi connectivity index (χ2n) is 5.83. The van der Waals surface area contributed by atoms with E-state index in [0.717, 1.165) is 51.4 Å². The van der Waals surface area contributed by atoms with Crippen molar-refractivity contribution < 1.29 is 4.79 Å².